The van der Waals surface area contributed by atoms with E-state index in [0.29, 0.717) is 0 Å². The number of carbonyl (C=O) groups excluding carboxylic acids is 1. The van der Waals surface area contributed by atoms with E-state index in [4.69, 9.17) is 4.74 Å². The van der Waals surface area contributed by atoms with Crippen LogP contribution in [-0.2, 0) is 16.0 Å². The van der Waals surface area contributed by atoms with Gasteiger partial charge in [0.05, 0.1) is 6.42 Å². The van der Waals surface area contributed by atoms with Crippen molar-refractivity contribution in [2.45, 2.75) is 32.8 Å². The maximum absolute atomic E-state index is 11.6. The van der Waals surface area contributed by atoms with Crippen LogP contribution in [0.15, 0.2) is 27.1 Å². The van der Waals surface area contributed by atoms with Crippen LogP contribution in [0.2, 0.25) is 0 Å². The van der Waals surface area contributed by atoms with Gasteiger partial charge in [0, 0.05) is 8.95 Å². The minimum absolute atomic E-state index is 0.216. The molecular weight excluding hydrogens is 336 g/mol. The van der Waals surface area contributed by atoms with Crippen LogP contribution < -0.4 is 0 Å². The van der Waals surface area contributed by atoms with E-state index in [1.165, 1.54) is 0 Å². The Morgan fingerprint density at radius 2 is 1.94 bits per heavy atom. The third-order valence-electron chi connectivity index (χ3n) is 1.76. The van der Waals surface area contributed by atoms with E-state index >= 15 is 0 Å². The Kier molecular flexibility index (Phi) is 4.56. The first-order valence-corrected chi connectivity index (χ1v) is 6.52. The minimum Gasteiger partial charge on any atom is -0.460 e. The molecule has 1 aromatic rings. The van der Waals surface area contributed by atoms with Gasteiger partial charge < -0.3 is 4.74 Å². The van der Waals surface area contributed by atoms with Gasteiger partial charge >= 0.3 is 5.97 Å². The largest absolute Gasteiger partial charge is 0.460 e. The molecule has 2 nitrogen and oxygen atoms in total. The lowest BCUT2D eigenvalue weighted by Crippen LogP contribution is -2.25. The van der Waals surface area contributed by atoms with Gasteiger partial charge in [-0.2, -0.15) is 0 Å². The van der Waals surface area contributed by atoms with Gasteiger partial charge in [0.1, 0.15) is 5.60 Å². The molecule has 0 atom stereocenters. The number of ether oxygens (including phenoxy) is 1. The number of benzene rings is 1. The molecule has 16 heavy (non-hydrogen) atoms. The first-order chi connectivity index (χ1) is 7.28. The van der Waals surface area contributed by atoms with E-state index in [2.05, 4.69) is 31.9 Å². The standard InChI is InChI=1S/C12H14Br2O2/c1-12(2,3)16-11(15)7-8-6-9(13)4-5-10(8)14/h4-6H,7H2,1-3H3. The van der Waals surface area contributed by atoms with Crippen molar-refractivity contribution >= 4 is 37.8 Å². The van der Waals surface area contributed by atoms with Crippen molar-refractivity contribution in [3.63, 3.8) is 0 Å². The zero-order valence-electron chi connectivity index (χ0n) is 9.51. The van der Waals surface area contributed by atoms with E-state index in [0.717, 1.165) is 14.5 Å². The Bertz CT molecular complexity index is 394. The summed E-state index contributed by atoms with van der Waals surface area (Å²) in [5.41, 5.74) is 0.485. The predicted octanol–water partition coefficient (Wildman–Crippen LogP) is 4.10. The molecule has 0 fully saturated rings. The number of esters is 1. The normalized spacial score (nSPS) is 11.3. The second-order valence-electron chi connectivity index (χ2n) is 4.50. The van der Waals surface area contributed by atoms with Crippen LogP contribution in [0.25, 0.3) is 0 Å². The molecule has 0 saturated carbocycles. The Labute approximate surface area is 113 Å². The molecule has 4 heteroatoms. The fourth-order valence-corrected chi connectivity index (χ4v) is 2.01. The van der Waals surface area contributed by atoms with Crippen molar-refractivity contribution in [2.24, 2.45) is 0 Å². The van der Waals surface area contributed by atoms with Gasteiger partial charge in [-0.1, -0.05) is 31.9 Å². The fourth-order valence-electron chi connectivity index (χ4n) is 1.21. The molecule has 0 unspecified atom stereocenters. The summed E-state index contributed by atoms with van der Waals surface area (Å²) in [5.74, 6) is -0.216. The zero-order chi connectivity index (χ0) is 12.3. The maximum atomic E-state index is 11.6. The van der Waals surface area contributed by atoms with Crippen LogP contribution in [0, 0.1) is 0 Å². The highest BCUT2D eigenvalue weighted by molar-refractivity contribution is 9.11. The van der Waals surface area contributed by atoms with Crippen LogP contribution in [0.5, 0.6) is 0 Å². The van der Waals surface area contributed by atoms with Crippen molar-refractivity contribution < 1.29 is 9.53 Å². The Morgan fingerprint density at radius 3 is 2.50 bits per heavy atom. The third-order valence-corrected chi connectivity index (χ3v) is 3.03. The highest BCUT2D eigenvalue weighted by atomic mass is 79.9. The zero-order valence-corrected chi connectivity index (χ0v) is 12.7. The molecule has 1 aromatic carbocycles. The van der Waals surface area contributed by atoms with Crippen LogP contribution >= 0.6 is 31.9 Å². The molecule has 0 aliphatic carbocycles. The predicted molar refractivity (Wildman–Crippen MR) is 71.4 cm³/mol. The highest BCUT2D eigenvalue weighted by Crippen LogP contribution is 2.22. The SMILES string of the molecule is CC(C)(C)OC(=O)Cc1cc(Br)ccc1Br. The lowest BCUT2D eigenvalue weighted by Gasteiger charge is -2.19. The van der Waals surface area contributed by atoms with Crippen molar-refractivity contribution in [2.75, 3.05) is 0 Å². The van der Waals surface area contributed by atoms with Crippen LogP contribution in [0.3, 0.4) is 0 Å². The molecule has 0 saturated heterocycles. The second-order valence-corrected chi connectivity index (χ2v) is 6.27. The lowest BCUT2D eigenvalue weighted by atomic mass is 10.1. The summed E-state index contributed by atoms with van der Waals surface area (Å²) in [4.78, 5) is 11.6. The third kappa shape index (κ3) is 4.66. The van der Waals surface area contributed by atoms with Crippen molar-refractivity contribution in [3.8, 4) is 0 Å². The van der Waals surface area contributed by atoms with Gasteiger partial charge in [-0.25, -0.2) is 0 Å². The summed E-state index contributed by atoms with van der Waals surface area (Å²) in [5, 5.41) is 0. The fraction of sp³-hybridized carbons (Fsp3) is 0.417. The molecule has 0 heterocycles. The number of carbonyl (C=O) groups is 1. The molecule has 0 amide bonds. The molecular formula is C12H14Br2O2. The van der Waals surface area contributed by atoms with Gasteiger partial charge in [-0.05, 0) is 44.5 Å². The molecule has 1 rings (SSSR count). The first-order valence-electron chi connectivity index (χ1n) is 4.94. The maximum Gasteiger partial charge on any atom is 0.310 e. The van der Waals surface area contributed by atoms with E-state index in [-0.39, 0.29) is 12.4 Å². The van der Waals surface area contributed by atoms with Gasteiger partial charge in [0.25, 0.3) is 0 Å². The van der Waals surface area contributed by atoms with Gasteiger partial charge in [-0.3, -0.25) is 4.79 Å². The molecule has 0 N–H and O–H groups in total. The molecule has 0 bridgehead atoms. The second kappa shape index (κ2) is 5.32. The van der Waals surface area contributed by atoms with E-state index in [1.807, 2.05) is 39.0 Å². The lowest BCUT2D eigenvalue weighted by molar-refractivity contribution is -0.153. The van der Waals surface area contributed by atoms with Crippen molar-refractivity contribution in [3.05, 3.63) is 32.7 Å². The molecule has 0 aromatic heterocycles. The Hall–Kier alpha value is -0.350. The van der Waals surface area contributed by atoms with Crippen LogP contribution in [0.4, 0.5) is 0 Å². The highest BCUT2D eigenvalue weighted by Gasteiger charge is 2.17. The summed E-state index contributed by atoms with van der Waals surface area (Å²) in [6.07, 6.45) is 0.275. The Balaban J connectivity index is 2.73. The minimum atomic E-state index is -0.435. The number of hydrogen-bond donors (Lipinski definition) is 0. The van der Waals surface area contributed by atoms with E-state index < -0.39 is 5.60 Å². The van der Waals surface area contributed by atoms with Gasteiger partial charge in [-0.15, -0.1) is 0 Å². The molecule has 0 spiro atoms. The summed E-state index contributed by atoms with van der Waals surface area (Å²) in [6, 6.07) is 5.74. The summed E-state index contributed by atoms with van der Waals surface area (Å²) in [6.45, 7) is 5.59. The average Bonchev–Trinajstić information content (AvgIpc) is 2.08. The van der Waals surface area contributed by atoms with Crippen molar-refractivity contribution in [1.29, 1.82) is 0 Å². The van der Waals surface area contributed by atoms with Crippen molar-refractivity contribution in [1.82, 2.24) is 0 Å². The molecule has 0 radical (unpaired) electrons. The smallest absolute Gasteiger partial charge is 0.310 e. The topological polar surface area (TPSA) is 26.3 Å². The summed E-state index contributed by atoms with van der Waals surface area (Å²) >= 11 is 6.78. The van der Waals surface area contributed by atoms with Crippen LogP contribution in [0.1, 0.15) is 26.3 Å². The van der Waals surface area contributed by atoms with Gasteiger partial charge in [0.2, 0.25) is 0 Å². The Morgan fingerprint density at radius 1 is 1.31 bits per heavy atom. The number of rotatable bonds is 2. The van der Waals surface area contributed by atoms with E-state index in [1.54, 1.807) is 0 Å². The monoisotopic (exact) mass is 348 g/mol. The first kappa shape index (κ1) is 13.7. The van der Waals surface area contributed by atoms with Crippen LogP contribution in [-0.4, -0.2) is 11.6 Å². The quantitative estimate of drug-likeness (QED) is 0.751. The molecule has 88 valence electrons. The van der Waals surface area contributed by atoms with E-state index in [9.17, 15) is 4.79 Å². The number of halogens is 2. The summed E-state index contributed by atoms with van der Waals surface area (Å²) < 4.78 is 7.13. The van der Waals surface area contributed by atoms with Gasteiger partial charge in [0.15, 0.2) is 0 Å². The number of hydrogen-bond acceptors (Lipinski definition) is 2. The molecule has 0 aliphatic rings. The molecule has 0 aliphatic heterocycles. The summed E-state index contributed by atoms with van der Waals surface area (Å²) in [7, 11) is 0. The average molecular weight is 350 g/mol.